The van der Waals surface area contributed by atoms with Crippen molar-refractivity contribution < 1.29 is 8.91 Å². The fraction of sp³-hybridized carbons (Fsp3) is 0.471. The van der Waals surface area contributed by atoms with Gasteiger partial charge >= 0.3 is 0 Å². The minimum atomic E-state index is -0.233. The summed E-state index contributed by atoms with van der Waals surface area (Å²) >= 11 is 0. The number of aromatic nitrogens is 2. The maximum atomic E-state index is 13.4. The summed E-state index contributed by atoms with van der Waals surface area (Å²) in [5.41, 5.74) is 0.704. The molecule has 0 bridgehead atoms. The lowest BCUT2D eigenvalue weighted by atomic mass is 9.84. The number of aryl methyl sites for hydroxylation is 1. The summed E-state index contributed by atoms with van der Waals surface area (Å²) in [5, 5.41) is 10.2. The summed E-state index contributed by atoms with van der Waals surface area (Å²) in [4.78, 5) is 8.35. The van der Waals surface area contributed by atoms with E-state index in [1.165, 1.54) is 6.07 Å². The number of hydrogen-bond acceptors (Lipinski definition) is 4. The molecule has 0 saturated heterocycles. The second-order valence-electron chi connectivity index (χ2n) is 6.23. The molecule has 0 unspecified atom stereocenters. The van der Waals surface area contributed by atoms with Crippen LogP contribution >= 0.6 is 24.0 Å². The van der Waals surface area contributed by atoms with Crippen LogP contribution in [0.15, 0.2) is 33.8 Å². The van der Waals surface area contributed by atoms with E-state index in [-0.39, 0.29) is 35.2 Å². The van der Waals surface area contributed by atoms with Crippen LogP contribution in [0.5, 0.6) is 0 Å². The van der Waals surface area contributed by atoms with Crippen molar-refractivity contribution in [2.45, 2.75) is 32.6 Å². The van der Waals surface area contributed by atoms with Gasteiger partial charge in [0.25, 0.3) is 0 Å². The number of hydrogen-bond donors (Lipinski definition) is 2. The third-order valence-electron chi connectivity index (χ3n) is 3.73. The largest absolute Gasteiger partial charge is 0.356 e. The van der Waals surface area contributed by atoms with Crippen LogP contribution in [0.2, 0.25) is 0 Å². The molecule has 8 heteroatoms. The highest BCUT2D eigenvalue weighted by Crippen LogP contribution is 2.22. The molecule has 25 heavy (non-hydrogen) atoms. The fourth-order valence-corrected chi connectivity index (χ4v) is 2.27. The molecule has 6 nitrogen and oxygen atoms in total. The maximum Gasteiger partial charge on any atom is 0.228 e. The van der Waals surface area contributed by atoms with Crippen LogP contribution in [0.1, 0.15) is 31.1 Å². The Kier molecular flexibility index (Phi) is 8.27. The third-order valence-corrected chi connectivity index (χ3v) is 3.73. The van der Waals surface area contributed by atoms with Gasteiger partial charge in [-0.25, -0.2) is 4.39 Å². The first kappa shape index (κ1) is 21.3. The smallest absolute Gasteiger partial charge is 0.228 e. The number of guanidine groups is 1. The minimum Gasteiger partial charge on any atom is -0.356 e. The van der Waals surface area contributed by atoms with E-state index in [0.29, 0.717) is 37.2 Å². The molecule has 1 heterocycles. The van der Waals surface area contributed by atoms with Gasteiger partial charge in [-0.3, -0.25) is 4.99 Å². The van der Waals surface area contributed by atoms with Crippen LogP contribution in [0.25, 0.3) is 0 Å². The van der Waals surface area contributed by atoms with Crippen LogP contribution in [0.3, 0.4) is 0 Å². The van der Waals surface area contributed by atoms with Crippen LogP contribution in [-0.2, 0) is 11.8 Å². The van der Waals surface area contributed by atoms with Crippen molar-refractivity contribution in [3.8, 4) is 0 Å². The van der Waals surface area contributed by atoms with Gasteiger partial charge in [-0.2, -0.15) is 4.98 Å². The van der Waals surface area contributed by atoms with E-state index in [9.17, 15) is 4.39 Å². The summed E-state index contributed by atoms with van der Waals surface area (Å²) in [6.45, 7) is 7.15. The molecule has 1 aromatic carbocycles. The minimum absolute atomic E-state index is 0. The second kappa shape index (κ2) is 9.69. The zero-order valence-corrected chi connectivity index (χ0v) is 17.3. The van der Waals surface area contributed by atoms with Gasteiger partial charge < -0.3 is 15.2 Å². The van der Waals surface area contributed by atoms with Crippen molar-refractivity contribution in [3.05, 3.63) is 47.4 Å². The highest BCUT2D eigenvalue weighted by Gasteiger charge is 2.21. The third kappa shape index (κ3) is 6.60. The second-order valence-corrected chi connectivity index (χ2v) is 6.23. The predicted molar refractivity (Wildman–Crippen MR) is 107 cm³/mol. The molecule has 0 radical (unpaired) electrons. The normalized spacial score (nSPS) is 11.8. The molecular weight excluding hydrogens is 436 g/mol. The van der Waals surface area contributed by atoms with Gasteiger partial charge in [0.2, 0.25) is 5.89 Å². The summed E-state index contributed by atoms with van der Waals surface area (Å²) in [6.07, 6.45) is 0.620. The number of rotatable bonds is 6. The monoisotopic (exact) mass is 461 g/mol. The molecule has 0 aliphatic carbocycles. The maximum absolute atomic E-state index is 13.4. The van der Waals surface area contributed by atoms with Gasteiger partial charge in [0, 0.05) is 32.0 Å². The van der Waals surface area contributed by atoms with Crippen molar-refractivity contribution in [1.29, 1.82) is 0 Å². The van der Waals surface area contributed by atoms with E-state index < -0.39 is 0 Å². The first-order chi connectivity index (χ1) is 11.4. The van der Waals surface area contributed by atoms with Gasteiger partial charge in [-0.15, -0.1) is 24.0 Å². The Hall–Kier alpha value is -1.71. The van der Waals surface area contributed by atoms with Crippen molar-refractivity contribution in [2.75, 3.05) is 20.1 Å². The lowest BCUT2D eigenvalue weighted by molar-refractivity contribution is 0.374. The SMILES string of the molecule is CN=C(NCCc1nc(C)no1)NCC(C)(C)c1cccc(F)c1.I. The number of benzene rings is 1. The highest BCUT2D eigenvalue weighted by atomic mass is 127. The van der Waals surface area contributed by atoms with Gasteiger partial charge in [-0.1, -0.05) is 31.1 Å². The van der Waals surface area contributed by atoms with Crippen LogP contribution in [0.4, 0.5) is 4.39 Å². The molecule has 0 amide bonds. The molecule has 2 rings (SSSR count). The van der Waals surface area contributed by atoms with Crippen molar-refractivity contribution in [1.82, 2.24) is 20.8 Å². The van der Waals surface area contributed by atoms with E-state index in [0.717, 1.165) is 5.56 Å². The summed E-state index contributed by atoms with van der Waals surface area (Å²) in [5.74, 6) is 1.67. The molecule has 1 aromatic heterocycles. The number of aliphatic imine (C=N–C) groups is 1. The Labute approximate surface area is 164 Å². The van der Waals surface area contributed by atoms with E-state index in [1.807, 2.05) is 6.07 Å². The molecule has 138 valence electrons. The Bertz CT molecular complexity index is 702. The van der Waals surface area contributed by atoms with Crippen LogP contribution in [0, 0.1) is 12.7 Å². The lowest BCUT2D eigenvalue weighted by Gasteiger charge is -2.26. The van der Waals surface area contributed by atoms with E-state index in [4.69, 9.17) is 4.52 Å². The average molecular weight is 461 g/mol. The number of nitrogens with zero attached hydrogens (tertiary/aromatic N) is 3. The Balaban J connectivity index is 0.00000312. The summed E-state index contributed by atoms with van der Waals surface area (Å²) in [6, 6.07) is 6.67. The standard InChI is InChI=1S/C17H24FN5O.HI/c1-12-22-15(24-23-12)8-9-20-16(19-4)21-11-17(2,3)13-6-5-7-14(18)10-13;/h5-7,10H,8-9,11H2,1-4H3,(H2,19,20,21);1H. The van der Waals surface area contributed by atoms with E-state index >= 15 is 0 Å². The molecule has 0 aliphatic rings. The van der Waals surface area contributed by atoms with Crippen molar-refractivity contribution in [3.63, 3.8) is 0 Å². The fourth-order valence-electron chi connectivity index (χ4n) is 2.27. The molecule has 0 atom stereocenters. The average Bonchev–Trinajstić information content (AvgIpc) is 2.96. The van der Waals surface area contributed by atoms with Gasteiger partial charge in [0.1, 0.15) is 5.82 Å². The zero-order chi connectivity index (χ0) is 17.6. The number of nitrogens with one attached hydrogen (secondary N) is 2. The van der Waals surface area contributed by atoms with E-state index in [1.54, 1.807) is 26.1 Å². The predicted octanol–water partition coefficient (Wildman–Crippen LogP) is 2.82. The van der Waals surface area contributed by atoms with Crippen molar-refractivity contribution in [2.24, 2.45) is 4.99 Å². The molecule has 0 aliphatic heterocycles. The zero-order valence-electron chi connectivity index (χ0n) is 15.0. The highest BCUT2D eigenvalue weighted by molar-refractivity contribution is 14.0. The summed E-state index contributed by atoms with van der Waals surface area (Å²) < 4.78 is 18.5. The summed E-state index contributed by atoms with van der Waals surface area (Å²) in [7, 11) is 1.71. The first-order valence-corrected chi connectivity index (χ1v) is 7.90. The first-order valence-electron chi connectivity index (χ1n) is 7.90. The van der Waals surface area contributed by atoms with Gasteiger partial charge in [-0.05, 0) is 24.6 Å². The molecular formula is C17H25FIN5O. The Morgan fingerprint density at radius 2 is 2.08 bits per heavy atom. The van der Waals surface area contributed by atoms with Crippen molar-refractivity contribution >= 4 is 29.9 Å². The molecule has 2 N–H and O–H groups in total. The molecule has 0 fully saturated rings. The van der Waals surface area contributed by atoms with E-state index in [2.05, 4.69) is 39.6 Å². The topological polar surface area (TPSA) is 75.3 Å². The quantitative estimate of drug-likeness (QED) is 0.393. The Morgan fingerprint density at radius 1 is 1.32 bits per heavy atom. The van der Waals surface area contributed by atoms with Crippen LogP contribution < -0.4 is 10.6 Å². The molecule has 0 spiro atoms. The lowest BCUT2D eigenvalue weighted by Crippen LogP contribution is -2.44. The van der Waals surface area contributed by atoms with Gasteiger partial charge in [0.05, 0.1) is 0 Å². The molecule has 0 saturated carbocycles. The van der Waals surface area contributed by atoms with Gasteiger partial charge in [0.15, 0.2) is 11.8 Å². The Morgan fingerprint density at radius 3 is 2.68 bits per heavy atom. The molecule has 2 aromatic rings. The van der Waals surface area contributed by atoms with Crippen LogP contribution in [-0.4, -0.2) is 36.2 Å². The number of halogens is 2.